The summed E-state index contributed by atoms with van der Waals surface area (Å²) in [5.74, 6) is 0.263. The lowest BCUT2D eigenvalue weighted by atomic mass is 10.2. The number of anilines is 3. The van der Waals surface area contributed by atoms with Gasteiger partial charge in [-0.3, -0.25) is 9.48 Å². The van der Waals surface area contributed by atoms with Crippen LogP contribution in [0.2, 0.25) is 0 Å². The van der Waals surface area contributed by atoms with E-state index in [0.29, 0.717) is 5.82 Å². The molecule has 0 aliphatic heterocycles. The van der Waals surface area contributed by atoms with Crippen molar-refractivity contribution in [2.24, 2.45) is 0 Å². The molecule has 6 heteroatoms. The summed E-state index contributed by atoms with van der Waals surface area (Å²) in [6.07, 6.45) is 1.67. The molecule has 1 amide bonds. The van der Waals surface area contributed by atoms with Crippen LogP contribution >= 0.6 is 0 Å². The van der Waals surface area contributed by atoms with E-state index in [9.17, 15) is 4.79 Å². The van der Waals surface area contributed by atoms with Gasteiger partial charge in [0, 0.05) is 20.3 Å². The zero-order valence-corrected chi connectivity index (χ0v) is 11.0. The Morgan fingerprint density at radius 3 is 2.74 bits per heavy atom. The second-order valence-electron chi connectivity index (χ2n) is 4.40. The molecule has 1 heterocycles. The van der Waals surface area contributed by atoms with E-state index >= 15 is 0 Å². The summed E-state index contributed by atoms with van der Waals surface area (Å²) in [5, 5.41) is 6.84. The number of nitrogens with zero attached hydrogens (tertiary/aromatic N) is 3. The number of aromatic nitrogens is 2. The lowest BCUT2D eigenvalue weighted by Gasteiger charge is -2.17. The van der Waals surface area contributed by atoms with Gasteiger partial charge in [-0.05, 0) is 18.2 Å². The average molecular weight is 259 g/mol. The molecule has 0 fully saturated rings. The van der Waals surface area contributed by atoms with Gasteiger partial charge in [0.15, 0.2) is 0 Å². The SMILES string of the molecule is CN(C)c1ccccc1NC(=O)Cn1ccc(N)n1. The number of para-hydroxylation sites is 2. The predicted octanol–water partition coefficient (Wildman–Crippen LogP) is 1.17. The number of hydrogen-bond donors (Lipinski definition) is 2. The number of nitrogen functional groups attached to an aromatic ring is 1. The summed E-state index contributed by atoms with van der Waals surface area (Å²) >= 11 is 0. The highest BCUT2D eigenvalue weighted by atomic mass is 16.2. The van der Waals surface area contributed by atoms with Gasteiger partial charge in [-0.1, -0.05) is 12.1 Å². The Kier molecular flexibility index (Phi) is 3.70. The van der Waals surface area contributed by atoms with Crippen LogP contribution in [-0.2, 0) is 11.3 Å². The van der Waals surface area contributed by atoms with Crippen molar-refractivity contribution in [3.05, 3.63) is 36.5 Å². The smallest absolute Gasteiger partial charge is 0.246 e. The van der Waals surface area contributed by atoms with Gasteiger partial charge in [0.1, 0.15) is 12.4 Å². The van der Waals surface area contributed by atoms with E-state index < -0.39 is 0 Å². The molecule has 0 bridgehead atoms. The molecular weight excluding hydrogens is 242 g/mol. The maximum atomic E-state index is 11.9. The number of carbonyl (C=O) groups excluding carboxylic acids is 1. The van der Waals surface area contributed by atoms with Crippen LogP contribution in [0.25, 0.3) is 0 Å². The Morgan fingerprint density at radius 2 is 2.11 bits per heavy atom. The van der Waals surface area contributed by atoms with Crippen molar-refractivity contribution >= 4 is 23.1 Å². The van der Waals surface area contributed by atoms with Gasteiger partial charge >= 0.3 is 0 Å². The number of hydrogen-bond acceptors (Lipinski definition) is 4. The molecule has 0 saturated carbocycles. The van der Waals surface area contributed by atoms with Crippen LogP contribution in [0.3, 0.4) is 0 Å². The molecule has 0 unspecified atom stereocenters. The second-order valence-corrected chi connectivity index (χ2v) is 4.40. The van der Waals surface area contributed by atoms with Crippen LogP contribution in [-0.4, -0.2) is 29.8 Å². The predicted molar refractivity (Wildman–Crippen MR) is 76.0 cm³/mol. The first-order valence-electron chi connectivity index (χ1n) is 5.91. The molecule has 0 radical (unpaired) electrons. The van der Waals surface area contributed by atoms with Crippen LogP contribution in [0.1, 0.15) is 0 Å². The molecule has 2 rings (SSSR count). The van der Waals surface area contributed by atoms with Gasteiger partial charge in [-0.25, -0.2) is 0 Å². The summed E-state index contributed by atoms with van der Waals surface area (Å²) in [7, 11) is 3.86. The maximum absolute atomic E-state index is 11.9. The summed E-state index contributed by atoms with van der Waals surface area (Å²) in [6, 6.07) is 9.28. The van der Waals surface area contributed by atoms with E-state index in [-0.39, 0.29) is 12.5 Å². The molecule has 0 atom stereocenters. The van der Waals surface area contributed by atoms with Gasteiger partial charge in [0.05, 0.1) is 11.4 Å². The lowest BCUT2D eigenvalue weighted by molar-refractivity contribution is -0.116. The Hall–Kier alpha value is -2.50. The van der Waals surface area contributed by atoms with Crippen molar-refractivity contribution in [3.63, 3.8) is 0 Å². The normalized spacial score (nSPS) is 10.2. The van der Waals surface area contributed by atoms with Crippen LogP contribution in [0.15, 0.2) is 36.5 Å². The molecule has 0 saturated heterocycles. The van der Waals surface area contributed by atoms with E-state index in [1.165, 1.54) is 4.68 Å². The second kappa shape index (κ2) is 5.43. The molecule has 1 aromatic heterocycles. The highest BCUT2D eigenvalue weighted by Gasteiger charge is 2.08. The summed E-state index contributed by atoms with van der Waals surface area (Å²) < 4.78 is 1.50. The summed E-state index contributed by atoms with van der Waals surface area (Å²) in [5.41, 5.74) is 7.23. The third-order valence-corrected chi connectivity index (χ3v) is 2.63. The first-order valence-corrected chi connectivity index (χ1v) is 5.91. The van der Waals surface area contributed by atoms with Gasteiger partial charge in [0.2, 0.25) is 5.91 Å². The number of nitrogens with one attached hydrogen (secondary N) is 1. The lowest BCUT2D eigenvalue weighted by Crippen LogP contribution is -2.21. The average Bonchev–Trinajstić information content (AvgIpc) is 2.75. The molecule has 19 heavy (non-hydrogen) atoms. The third kappa shape index (κ3) is 3.25. The first kappa shape index (κ1) is 12.9. The molecule has 1 aromatic carbocycles. The third-order valence-electron chi connectivity index (χ3n) is 2.63. The van der Waals surface area contributed by atoms with Crippen LogP contribution in [0, 0.1) is 0 Å². The zero-order valence-electron chi connectivity index (χ0n) is 11.0. The van der Waals surface area contributed by atoms with E-state index in [1.54, 1.807) is 12.3 Å². The van der Waals surface area contributed by atoms with Crippen molar-refractivity contribution in [3.8, 4) is 0 Å². The van der Waals surface area contributed by atoms with Crippen molar-refractivity contribution in [1.29, 1.82) is 0 Å². The number of benzene rings is 1. The fourth-order valence-corrected chi connectivity index (χ4v) is 1.77. The summed E-state index contributed by atoms with van der Waals surface area (Å²) in [6.45, 7) is 0.138. The van der Waals surface area contributed by atoms with Crippen molar-refractivity contribution in [2.45, 2.75) is 6.54 Å². The quantitative estimate of drug-likeness (QED) is 0.864. The fourth-order valence-electron chi connectivity index (χ4n) is 1.77. The molecule has 100 valence electrons. The molecular formula is C13H17N5O. The summed E-state index contributed by atoms with van der Waals surface area (Å²) in [4.78, 5) is 13.9. The first-order chi connectivity index (χ1) is 9.06. The van der Waals surface area contributed by atoms with Crippen LogP contribution < -0.4 is 16.0 Å². The van der Waals surface area contributed by atoms with E-state index in [2.05, 4.69) is 10.4 Å². The standard InChI is InChI=1S/C13H17N5O/c1-17(2)11-6-4-3-5-10(11)15-13(19)9-18-8-7-12(14)16-18/h3-8H,9H2,1-2H3,(H2,14,16)(H,15,19). The van der Waals surface area contributed by atoms with E-state index in [4.69, 9.17) is 5.73 Å². The maximum Gasteiger partial charge on any atom is 0.246 e. The van der Waals surface area contributed by atoms with E-state index in [1.807, 2.05) is 43.3 Å². The van der Waals surface area contributed by atoms with Crippen molar-refractivity contribution in [2.75, 3.05) is 30.0 Å². The number of carbonyl (C=O) groups is 1. The molecule has 3 N–H and O–H groups in total. The van der Waals surface area contributed by atoms with Gasteiger partial charge < -0.3 is 16.0 Å². The minimum absolute atomic E-state index is 0.138. The Balaban J connectivity index is 2.07. The molecule has 0 aliphatic rings. The van der Waals surface area contributed by atoms with Gasteiger partial charge in [-0.2, -0.15) is 5.10 Å². The monoisotopic (exact) mass is 259 g/mol. The van der Waals surface area contributed by atoms with Gasteiger partial charge in [0.25, 0.3) is 0 Å². The van der Waals surface area contributed by atoms with Crippen molar-refractivity contribution < 1.29 is 4.79 Å². The minimum Gasteiger partial charge on any atom is -0.382 e. The topological polar surface area (TPSA) is 76.2 Å². The van der Waals surface area contributed by atoms with Crippen LogP contribution in [0.4, 0.5) is 17.2 Å². The number of amides is 1. The highest BCUT2D eigenvalue weighted by molar-refractivity contribution is 5.94. The van der Waals surface area contributed by atoms with Crippen molar-refractivity contribution in [1.82, 2.24) is 9.78 Å². The minimum atomic E-state index is -0.141. The zero-order chi connectivity index (χ0) is 13.8. The Morgan fingerprint density at radius 1 is 1.37 bits per heavy atom. The van der Waals surface area contributed by atoms with E-state index in [0.717, 1.165) is 11.4 Å². The Bertz CT molecular complexity index is 576. The largest absolute Gasteiger partial charge is 0.382 e. The highest BCUT2D eigenvalue weighted by Crippen LogP contribution is 2.23. The fraction of sp³-hybridized carbons (Fsp3) is 0.231. The molecule has 2 aromatic rings. The molecule has 0 spiro atoms. The number of nitrogens with two attached hydrogens (primary N) is 1. The van der Waals surface area contributed by atoms with Gasteiger partial charge in [-0.15, -0.1) is 0 Å². The molecule has 6 nitrogen and oxygen atoms in total. The number of rotatable bonds is 4. The van der Waals surface area contributed by atoms with Crippen LogP contribution in [0.5, 0.6) is 0 Å². The Labute approximate surface area is 111 Å². The molecule has 0 aliphatic carbocycles.